The molecular weight excluding hydrogens is 246 g/mol. The van der Waals surface area contributed by atoms with Gasteiger partial charge in [0.1, 0.15) is 17.2 Å². The van der Waals surface area contributed by atoms with Crippen molar-refractivity contribution in [2.45, 2.75) is 0 Å². The number of aromatic hydroxyl groups is 2. The Balaban J connectivity index is 2.65. The highest BCUT2D eigenvalue weighted by molar-refractivity contribution is 6.00. The minimum atomic E-state index is -0.432. The van der Waals surface area contributed by atoms with E-state index in [2.05, 4.69) is 4.98 Å². The molecule has 5 nitrogen and oxygen atoms in total. The number of rotatable bonds is 1. The Kier molecular flexibility index (Phi) is 2.35. The summed E-state index contributed by atoms with van der Waals surface area (Å²) in [5.41, 5.74) is 0.463. The second kappa shape index (κ2) is 3.91. The molecule has 0 spiro atoms. The van der Waals surface area contributed by atoms with Gasteiger partial charge in [0.05, 0.1) is 28.9 Å². The number of fused-ring (bicyclic) bond motifs is 2. The molecule has 0 aliphatic rings. The maximum atomic E-state index is 12.4. The highest BCUT2D eigenvalue weighted by Crippen LogP contribution is 2.31. The third kappa shape index (κ3) is 1.52. The Labute approximate surface area is 107 Å². The molecule has 2 aromatic carbocycles. The van der Waals surface area contributed by atoms with Crippen LogP contribution >= 0.6 is 0 Å². The quantitative estimate of drug-likeness (QED) is 0.583. The van der Waals surface area contributed by atoms with Crippen LogP contribution < -0.4 is 10.2 Å². The van der Waals surface area contributed by atoms with Crippen LogP contribution in [-0.4, -0.2) is 22.3 Å². The van der Waals surface area contributed by atoms with E-state index in [0.717, 1.165) is 0 Å². The molecule has 0 unspecified atom stereocenters. The van der Waals surface area contributed by atoms with Crippen molar-refractivity contribution in [3.8, 4) is 17.2 Å². The maximum absolute atomic E-state index is 12.4. The number of aromatic nitrogens is 1. The monoisotopic (exact) mass is 257 g/mol. The van der Waals surface area contributed by atoms with E-state index in [4.69, 9.17) is 4.74 Å². The first-order valence-corrected chi connectivity index (χ1v) is 5.67. The molecule has 1 heterocycles. The Hall–Kier alpha value is -2.69. The van der Waals surface area contributed by atoms with Gasteiger partial charge in [-0.25, -0.2) is 0 Å². The van der Waals surface area contributed by atoms with Gasteiger partial charge in [0.2, 0.25) is 5.43 Å². The number of ether oxygens (including phenoxy) is 1. The fourth-order valence-corrected chi connectivity index (χ4v) is 2.24. The van der Waals surface area contributed by atoms with Crippen LogP contribution in [0, 0.1) is 0 Å². The summed E-state index contributed by atoms with van der Waals surface area (Å²) in [5, 5.41) is 19.9. The van der Waals surface area contributed by atoms with Crippen LogP contribution in [0.1, 0.15) is 0 Å². The summed E-state index contributed by atoms with van der Waals surface area (Å²) in [5.74, 6) is 0.181. The zero-order chi connectivity index (χ0) is 13.6. The van der Waals surface area contributed by atoms with Crippen LogP contribution in [-0.2, 0) is 0 Å². The van der Waals surface area contributed by atoms with Gasteiger partial charge >= 0.3 is 0 Å². The van der Waals surface area contributed by atoms with Crippen LogP contribution in [0.4, 0.5) is 0 Å². The van der Waals surface area contributed by atoms with Crippen LogP contribution in [0.3, 0.4) is 0 Å². The fourth-order valence-electron chi connectivity index (χ4n) is 2.24. The normalized spacial score (nSPS) is 11.0. The summed E-state index contributed by atoms with van der Waals surface area (Å²) in [6.45, 7) is 0. The number of hydrogen-bond acceptors (Lipinski definition) is 4. The lowest BCUT2D eigenvalue weighted by Crippen LogP contribution is -2.05. The van der Waals surface area contributed by atoms with Gasteiger partial charge in [0, 0.05) is 0 Å². The molecule has 5 heteroatoms. The second-order valence-corrected chi connectivity index (χ2v) is 4.19. The third-order valence-corrected chi connectivity index (χ3v) is 3.12. The number of hydrogen-bond donors (Lipinski definition) is 3. The number of benzene rings is 2. The van der Waals surface area contributed by atoms with Gasteiger partial charge in [-0.05, 0) is 24.3 Å². The molecule has 0 fully saturated rings. The zero-order valence-electron chi connectivity index (χ0n) is 10.1. The minimum Gasteiger partial charge on any atom is -0.507 e. The van der Waals surface area contributed by atoms with E-state index in [1.165, 1.54) is 19.2 Å². The smallest absolute Gasteiger partial charge is 0.204 e. The molecule has 0 saturated carbocycles. The average molecular weight is 257 g/mol. The molecule has 19 heavy (non-hydrogen) atoms. The Morgan fingerprint density at radius 3 is 2.53 bits per heavy atom. The molecular formula is C14H11NO4. The maximum Gasteiger partial charge on any atom is 0.204 e. The summed E-state index contributed by atoms with van der Waals surface area (Å²) in [6.07, 6.45) is 0. The molecule has 0 radical (unpaired) electrons. The van der Waals surface area contributed by atoms with Crippen LogP contribution in [0.5, 0.6) is 17.2 Å². The largest absolute Gasteiger partial charge is 0.507 e. The molecule has 96 valence electrons. The van der Waals surface area contributed by atoms with Crippen molar-refractivity contribution < 1.29 is 14.9 Å². The van der Waals surface area contributed by atoms with E-state index in [1.807, 2.05) is 0 Å². The van der Waals surface area contributed by atoms with E-state index < -0.39 is 5.43 Å². The highest BCUT2D eigenvalue weighted by atomic mass is 16.5. The van der Waals surface area contributed by atoms with Crippen molar-refractivity contribution >= 4 is 21.8 Å². The van der Waals surface area contributed by atoms with Crippen molar-refractivity contribution in [1.82, 2.24) is 4.98 Å². The average Bonchev–Trinajstić information content (AvgIpc) is 2.39. The molecule has 3 N–H and O–H groups in total. The Morgan fingerprint density at radius 1 is 1.05 bits per heavy atom. The van der Waals surface area contributed by atoms with Crippen molar-refractivity contribution in [1.29, 1.82) is 0 Å². The summed E-state index contributed by atoms with van der Waals surface area (Å²) < 4.78 is 5.17. The minimum absolute atomic E-state index is 0.105. The first-order valence-electron chi connectivity index (χ1n) is 5.67. The molecule has 3 rings (SSSR count). The van der Waals surface area contributed by atoms with E-state index >= 15 is 0 Å². The zero-order valence-corrected chi connectivity index (χ0v) is 10.1. The van der Waals surface area contributed by atoms with Gasteiger partial charge < -0.3 is 19.9 Å². The van der Waals surface area contributed by atoms with E-state index in [9.17, 15) is 15.0 Å². The molecule has 0 atom stereocenters. The number of phenolic OH excluding ortho intramolecular Hbond substituents is 2. The fraction of sp³-hybridized carbons (Fsp3) is 0.0714. The number of pyridine rings is 1. The van der Waals surface area contributed by atoms with E-state index in [1.54, 1.807) is 18.2 Å². The Morgan fingerprint density at radius 2 is 1.79 bits per heavy atom. The van der Waals surface area contributed by atoms with Crippen LogP contribution in [0.15, 0.2) is 35.1 Å². The molecule has 1 aromatic heterocycles. The summed E-state index contributed by atoms with van der Waals surface area (Å²) in [7, 11) is 1.48. The van der Waals surface area contributed by atoms with E-state index in [0.29, 0.717) is 16.8 Å². The van der Waals surface area contributed by atoms with Crippen LogP contribution in [0.2, 0.25) is 0 Å². The molecule has 0 aliphatic heterocycles. The number of H-pyrrole nitrogens is 1. The van der Waals surface area contributed by atoms with Gasteiger partial charge in [0.25, 0.3) is 0 Å². The van der Waals surface area contributed by atoms with E-state index in [-0.39, 0.29) is 22.3 Å². The lowest BCUT2D eigenvalue weighted by Gasteiger charge is -2.09. The standard InChI is InChI=1S/C14H11NO4/c1-19-10-6-5-9(17)12-13(10)15-7-3-2-4-8(16)11(7)14(12)18/h2-6,16-17H,1H3,(H,15,18). The number of nitrogens with one attached hydrogen (secondary N) is 1. The lowest BCUT2D eigenvalue weighted by atomic mass is 10.1. The number of phenols is 2. The molecule has 0 bridgehead atoms. The second-order valence-electron chi connectivity index (χ2n) is 4.19. The lowest BCUT2D eigenvalue weighted by molar-refractivity contribution is 0.417. The van der Waals surface area contributed by atoms with Gasteiger partial charge in [-0.2, -0.15) is 0 Å². The first kappa shape index (κ1) is 11.4. The van der Waals surface area contributed by atoms with Gasteiger partial charge in [-0.1, -0.05) is 6.07 Å². The van der Waals surface area contributed by atoms with Gasteiger partial charge in [-0.3, -0.25) is 4.79 Å². The molecule has 0 saturated heterocycles. The van der Waals surface area contributed by atoms with Gasteiger partial charge in [0.15, 0.2) is 0 Å². The Bertz CT molecular complexity index is 851. The predicted molar refractivity (Wildman–Crippen MR) is 72.0 cm³/mol. The molecule has 3 aromatic rings. The van der Waals surface area contributed by atoms with Crippen molar-refractivity contribution in [2.24, 2.45) is 0 Å². The van der Waals surface area contributed by atoms with Crippen molar-refractivity contribution in [3.63, 3.8) is 0 Å². The van der Waals surface area contributed by atoms with Gasteiger partial charge in [-0.15, -0.1) is 0 Å². The molecule has 0 amide bonds. The molecule has 0 aliphatic carbocycles. The van der Waals surface area contributed by atoms with Crippen molar-refractivity contribution in [2.75, 3.05) is 7.11 Å². The van der Waals surface area contributed by atoms with Crippen LogP contribution in [0.25, 0.3) is 21.8 Å². The highest BCUT2D eigenvalue weighted by Gasteiger charge is 2.14. The summed E-state index contributed by atoms with van der Waals surface area (Å²) >= 11 is 0. The third-order valence-electron chi connectivity index (χ3n) is 3.12. The SMILES string of the molecule is COc1ccc(O)c2c(=O)c3c(O)cccc3[nH]c12. The number of methoxy groups -OCH3 is 1. The summed E-state index contributed by atoms with van der Waals surface area (Å²) in [6, 6.07) is 7.71. The topological polar surface area (TPSA) is 82.6 Å². The van der Waals surface area contributed by atoms with Crippen molar-refractivity contribution in [3.05, 3.63) is 40.6 Å². The summed E-state index contributed by atoms with van der Waals surface area (Å²) in [4.78, 5) is 15.4. The number of aromatic amines is 1. The first-order chi connectivity index (χ1) is 9.13. The predicted octanol–water partition coefficient (Wildman–Crippen LogP) is 2.10.